The smallest absolute Gasteiger partial charge is 0.172 e. The Labute approximate surface area is 102 Å². The highest BCUT2D eigenvalue weighted by molar-refractivity contribution is 7.14. The highest BCUT2D eigenvalue weighted by Crippen LogP contribution is 2.19. The number of thiophene rings is 1. The molecule has 16 heavy (non-hydrogen) atoms. The van der Waals surface area contributed by atoms with Crippen LogP contribution in [0.4, 0.5) is 0 Å². The van der Waals surface area contributed by atoms with Gasteiger partial charge < -0.3 is 0 Å². The van der Waals surface area contributed by atoms with E-state index in [2.05, 4.69) is 19.6 Å². The summed E-state index contributed by atoms with van der Waals surface area (Å²) < 4.78 is 0. The van der Waals surface area contributed by atoms with Crippen molar-refractivity contribution in [3.63, 3.8) is 0 Å². The Morgan fingerprint density at radius 3 is 2.81 bits per heavy atom. The van der Waals surface area contributed by atoms with Crippen molar-refractivity contribution in [2.24, 2.45) is 0 Å². The number of rotatable bonds is 8. The molecule has 1 nitrogen and oxygen atoms in total. The summed E-state index contributed by atoms with van der Waals surface area (Å²) in [5.41, 5.74) is 0. The van der Waals surface area contributed by atoms with Crippen LogP contribution in [0.3, 0.4) is 0 Å². The first-order chi connectivity index (χ1) is 7.77. The molecule has 0 atom stereocenters. The van der Waals surface area contributed by atoms with Gasteiger partial charge in [0.2, 0.25) is 0 Å². The zero-order chi connectivity index (χ0) is 11.8. The number of carbonyl (C=O) groups excluding carboxylic acids is 1. The molecule has 1 heterocycles. The molecule has 1 aromatic heterocycles. The molecule has 0 spiro atoms. The largest absolute Gasteiger partial charge is 0.293 e. The molecule has 88 valence electrons. The molecule has 0 saturated heterocycles. The summed E-state index contributed by atoms with van der Waals surface area (Å²) in [5.74, 6) is 0.309. The maximum absolute atomic E-state index is 11.8. The predicted molar refractivity (Wildman–Crippen MR) is 71.3 cm³/mol. The molecular weight excluding hydrogens is 216 g/mol. The first-order valence-electron chi connectivity index (χ1n) is 6.00. The molecule has 0 aliphatic heterocycles. The Morgan fingerprint density at radius 1 is 1.38 bits per heavy atom. The normalized spacial score (nSPS) is 10.3. The number of carbonyl (C=O) groups is 1. The summed E-state index contributed by atoms with van der Waals surface area (Å²) in [5, 5.41) is 0. The van der Waals surface area contributed by atoms with Crippen molar-refractivity contribution in [2.45, 2.75) is 45.4 Å². The SMILES string of the molecule is C=CCCCCCC(=O)c1ccc(CC)s1. The average molecular weight is 236 g/mol. The molecule has 1 aromatic rings. The third kappa shape index (κ3) is 4.31. The fourth-order valence-electron chi connectivity index (χ4n) is 1.59. The summed E-state index contributed by atoms with van der Waals surface area (Å²) in [7, 11) is 0. The molecule has 0 aliphatic rings. The Morgan fingerprint density at radius 2 is 2.19 bits per heavy atom. The zero-order valence-electron chi connectivity index (χ0n) is 10.00. The maximum atomic E-state index is 11.8. The van der Waals surface area contributed by atoms with E-state index in [9.17, 15) is 4.79 Å². The molecule has 0 unspecified atom stereocenters. The van der Waals surface area contributed by atoms with Gasteiger partial charge in [0.15, 0.2) is 5.78 Å². The molecule has 1 rings (SSSR count). The topological polar surface area (TPSA) is 17.1 Å². The van der Waals surface area contributed by atoms with Gasteiger partial charge in [0.05, 0.1) is 4.88 Å². The van der Waals surface area contributed by atoms with E-state index >= 15 is 0 Å². The molecule has 0 aliphatic carbocycles. The Hall–Kier alpha value is -0.890. The van der Waals surface area contributed by atoms with Crippen LogP contribution in [0, 0.1) is 0 Å². The molecular formula is C14H20OS. The van der Waals surface area contributed by atoms with E-state index in [-0.39, 0.29) is 0 Å². The van der Waals surface area contributed by atoms with Crippen LogP contribution in [0.25, 0.3) is 0 Å². The van der Waals surface area contributed by atoms with E-state index < -0.39 is 0 Å². The molecule has 0 bridgehead atoms. The lowest BCUT2D eigenvalue weighted by Crippen LogP contribution is -1.95. The van der Waals surface area contributed by atoms with Crippen molar-refractivity contribution >= 4 is 17.1 Å². The van der Waals surface area contributed by atoms with Crippen LogP contribution < -0.4 is 0 Å². The van der Waals surface area contributed by atoms with Crippen LogP contribution in [0.2, 0.25) is 0 Å². The standard InChI is InChI=1S/C14H20OS/c1-3-5-6-7-8-9-13(15)14-11-10-12(4-2)16-14/h3,10-11H,1,4-9H2,2H3. The second kappa shape index (κ2) is 7.39. The second-order valence-corrected chi connectivity index (χ2v) is 5.10. The van der Waals surface area contributed by atoms with Crippen molar-refractivity contribution in [3.05, 3.63) is 34.5 Å². The van der Waals surface area contributed by atoms with Crippen LogP contribution in [-0.4, -0.2) is 5.78 Å². The van der Waals surface area contributed by atoms with Gasteiger partial charge in [-0.25, -0.2) is 0 Å². The minimum atomic E-state index is 0.309. The molecule has 0 N–H and O–H groups in total. The number of unbranched alkanes of at least 4 members (excludes halogenated alkanes) is 3. The Bertz CT molecular complexity index is 338. The first-order valence-corrected chi connectivity index (χ1v) is 6.82. The van der Waals surface area contributed by atoms with Gasteiger partial charge in [-0.05, 0) is 37.8 Å². The summed E-state index contributed by atoms with van der Waals surface area (Å²) in [6.45, 7) is 5.81. The lowest BCUT2D eigenvalue weighted by Gasteiger charge is -1.98. The number of Topliss-reactive ketones (excluding diaryl/α,β-unsaturated/α-hetero) is 1. The molecule has 0 aromatic carbocycles. The molecule has 0 amide bonds. The van der Waals surface area contributed by atoms with Crippen molar-refractivity contribution in [3.8, 4) is 0 Å². The first kappa shape index (κ1) is 13.2. The van der Waals surface area contributed by atoms with E-state index in [1.54, 1.807) is 11.3 Å². The van der Waals surface area contributed by atoms with Crippen LogP contribution in [0.5, 0.6) is 0 Å². The highest BCUT2D eigenvalue weighted by atomic mass is 32.1. The monoisotopic (exact) mass is 236 g/mol. The molecule has 0 fully saturated rings. The Balaban J connectivity index is 2.26. The number of hydrogen-bond donors (Lipinski definition) is 0. The lowest BCUT2D eigenvalue weighted by molar-refractivity contribution is 0.0983. The van der Waals surface area contributed by atoms with Gasteiger partial charge in [0.1, 0.15) is 0 Å². The van der Waals surface area contributed by atoms with Crippen molar-refractivity contribution in [1.29, 1.82) is 0 Å². The summed E-state index contributed by atoms with van der Waals surface area (Å²) in [4.78, 5) is 14.0. The van der Waals surface area contributed by atoms with Crippen molar-refractivity contribution < 1.29 is 4.79 Å². The summed E-state index contributed by atoms with van der Waals surface area (Å²) in [6.07, 6.45) is 8.01. The van der Waals surface area contributed by atoms with Gasteiger partial charge in [-0.3, -0.25) is 4.79 Å². The van der Waals surface area contributed by atoms with E-state index in [1.807, 2.05) is 12.1 Å². The van der Waals surface area contributed by atoms with Gasteiger partial charge in [-0.2, -0.15) is 0 Å². The molecule has 2 heteroatoms. The minimum absolute atomic E-state index is 0.309. The fraction of sp³-hybridized carbons (Fsp3) is 0.500. The van der Waals surface area contributed by atoms with Crippen molar-refractivity contribution in [1.82, 2.24) is 0 Å². The van der Waals surface area contributed by atoms with Gasteiger partial charge in [0.25, 0.3) is 0 Å². The molecule has 0 radical (unpaired) electrons. The predicted octanol–water partition coefficient (Wildman–Crippen LogP) is 4.63. The third-order valence-electron chi connectivity index (χ3n) is 2.60. The third-order valence-corrected chi connectivity index (χ3v) is 3.87. The molecule has 0 saturated carbocycles. The quantitative estimate of drug-likeness (QED) is 0.365. The fourth-order valence-corrected chi connectivity index (χ4v) is 2.51. The number of ketones is 1. The average Bonchev–Trinajstić information content (AvgIpc) is 2.77. The number of hydrogen-bond acceptors (Lipinski definition) is 2. The summed E-state index contributed by atoms with van der Waals surface area (Å²) >= 11 is 1.64. The zero-order valence-corrected chi connectivity index (χ0v) is 10.8. The highest BCUT2D eigenvalue weighted by Gasteiger charge is 2.07. The summed E-state index contributed by atoms with van der Waals surface area (Å²) in [6, 6.07) is 4.03. The van der Waals surface area contributed by atoms with Crippen LogP contribution in [0.15, 0.2) is 24.8 Å². The lowest BCUT2D eigenvalue weighted by atomic mass is 10.1. The minimum Gasteiger partial charge on any atom is -0.293 e. The van der Waals surface area contributed by atoms with Crippen molar-refractivity contribution in [2.75, 3.05) is 0 Å². The Kier molecular flexibility index (Phi) is 6.09. The van der Waals surface area contributed by atoms with Crippen LogP contribution >= 0.6 is 11.3 Å². The van der Waals surface area contributed by atoms with Crippen LogP contribution in [-0.2, 0) is 6.42 Å². The number of aryl methyl sites for hydroxylation is 1. The van der Waals surface area contributed by atoms with Gasteiger partial charge in [0, 0.05) is 11.3 Å². The van der Waals surface area contributed by atoms with Gasteiger partial charge >= 0.3 is 0 Å². The van der Waals surface area contributed by atoms with E-state index in [0.29, 0.717) is 12.2 Å². The van der Waals surface area contributed by atoms with Gasteiger partial charge in [-0.1, -0.05) is 19.4 Å². The van der Waals surface area contributed by atoms with E-state index in [1.165, 1.54) is 4.88 Å². The second-order valence-electron chi connectivity index (χ2n) is 3.93. The van der Waals surface area contributed by atoms with Crippen LogP contribution in [0.1, 0.15) is 53.6 Å². The van der Waals surface area contributed by atoms with E-state index in [0.717, 1.165) is 37.0 Å². The van der Waals surface area contributed by atoms with E-state index in [4.69, 9.17) is 0 Å². The maximum Gasteiger partial charge on any atom is 0.172 e. The van der Waals surface area contributed by atoms with Gasteiger partial charge in [-0.15, -0.1) is 17.9 Å². The number of allylic oxidation sites excluding steroid dienone is 1.